The Morgan fingerprint density at radius 1 is 1.32 bits per heavy atom. The lowest BCUT2D eigenvalue weighted by atomic mass is 10.2. The maximum atomic E-state index is 10.4. The summed E-state index contributed by atoms with van der Waals surface area (Å²) in [6.45, 7) is 2.00. The lowest BCUT2D eigenvalue weighted by Crippen LogP contribution is -1.93. The lowest BCUT2D eigenvalue weighted by molar-refractivity contribution is 0.196. The average Bonchev–Trinajstić information content (AvgIpc) is 2.92. The summed E-state index contributed by atoms with van der Waals surface area (Å²) in [4.78, 5) is 1.99. The second kappa shape index (κ2) is 4.94. The van der Waals surface area contributed by atoms with Gasteiger partial charge in [-0.2, -0.15) is 0 Å². The molecule has 0 saturated heterocycles. The highest BCUT2D eigenvalue weighted by molar-refractivity contribution is 9.10. The standard InChI is InChI=1S/C14H10BrClO2S/c1-7-10(15)6-13(19-7)14(17)12-5-8-4-9(16)2-3-11(8)18-12/h2-6,14,17H,1H3. The van der Waals surface area contributed by atoms with Crippen molar-refractivity contribution in [2.45, 2.75) is 13.0 Å². The topological polar surface area (TPSA) is 33.4 Å². The van der Waals surface area contributed by atoms with Gasteiger partial charge in [-0.1, -0.05) is 11.6 Å². The minimum Gasteiger partial charge on any atom is -0.458 e. The van der Waals surface area contributed by atoms with E-state index in [-0.39, 0.29) is 0 Å². The van der Waals surface area contributed by atoms with Gasteiger partial charge in [-0.05, 0) is 53.2 Å². The predicted octanol–water partition coefficient (Wildman–Crippen LogP) is 5.30. The Balaban J connectivity index is 2.03. The van der Waals surface area contributed by atoms with Crippen LogP contribution in [0.3, 0.4) is 0 Å². The van der Waals surface area contributed by atoms with E-state index in [9.17, 15) is 5.11 Å². The van der Waals surface area contributed by atoms with Crippen molar-refractivity contribution in [2.75, 3.05) is 0 Å². The smallest absolute Gasteiger partial charge is 0.146 e. The third kappa shape index (κ3) is 2.46. The van der Waals surface area contributed by atoms with E-state index in [1.165, 1.54) is 0 Å². The molecule has 2 nitrogen and oxygen atoms in total. The van der Waals surface area contributed by atoms with Crippen LogP contribution >= 0.6 is 38.9 Å². The van der Waals surface area contributed by atoms with Crippen LogP contribution in [0.25, 0.3) is 11.0 Å². The van der Waals surface area contributed by atoms with E-state index in [1.54, 1.807) is 17.4 Å². The van der Waals surface area contributed by atoms with Crippen molar-refractivity contribution >= 4 is 49.8 Å². The molecule has 2 heterocycles. The summed E-state index contributed by atoms with van der Waals surface area (Å²) in [7, 11) is 0. The molecule has 1 unspecified atom stereocenters. The first kappa shape index (κ1) is 13.2. The van der Waals surface area contributed by atoms with E-state index in [4.69, 9.17) is 16.0 Å². The summed E-state index contributed by atoms with van der Waals surface area (Å²) in [5.41, 5.74) is 0.728. The van der Waals surface area contributed by atoms with Crippen LogP contribution in [-0.2, 0) is 0 Å². The van der Waals surface area contributed by atoms with Gasteiger partial charge < -0.3 is 9.52 Å². The highest BCUT2D eigenvalue weighted by Crippen LogP contribution is 2.35. The first-order valence-electron chi connectivity index (χ1n) is 5.67. The van der Waals surface area contributed by atoms with Crippen LogP contribution in [0.2, 0.25) is 5.02 Å². The van der Waals surface area contributed by atoms with E-state index in [0.29, 0.717) is 10.8 Å². The number of aryl methyl sites for hydroxylation is 1. The molecule has 5 heteroatoms. The molecule has 0 aliphatic rings. The molecule has 0 spiro atoms. The number of fused-ring (bicyclic) bond motifs is 1. The Morgan fingerprint density at radius 3 is 2.79 bits per heavy atom. The van der Waals surface area contributed by atoms with Crippen LogP contribution in [-0.4, -0.2) is 5.11 Å². The predicted molar refractivity (Wildman–Crippen MR) is 82.0 cm³/mol. The largest absolute Gasteiger partial charge is 0.458 e. The van der Waals surface area contributed by atoms with Gasteiger partial charge in [0.15, 0.2) is 0 Å². The molecular weight excluding hydrogens is 348 g/mol. The summed E-state index contributed by atoms with van der Waals surface area (Å²) in [6.07, 6.45) is -0.749. The van der Waals surface area contributed by atoms with Crippen LogP contribution in [0.15, 0.2) is 39.2 Å². The highest BCUT2D eigenvalue weighted by atomic mass is 79.9. The molecular formula is C14H10BrClO2S. The molecule has 0 bridgehead atoms. The van der Waals surface area contributed by atoms with Gasteiger partial charge >= 0.3 is 0 Å². The van der Waals surface area contributed by atoms with E-state index in [0.717, 1.165) is 25.2 Å². The highest BCUT2D eigenvalue weighted by Gasteiger charge is 2.18. The zero-order valence-corrected chi connectivity index (χ0v) is 13.1. The van der Waals surface area contributed by atoms with E-state index in [1.807, 2.05) is 31.2 Å². The van der Waals surface area contributed by atoms with Crippen molar-refractivity contribution < 1.29 is 9.52 Å². The molecule has 0 fully saturated rings. The monoisotopic (exact) mass is 356 g/mol. The maximum Gasteiger partial charge on any atom is 0.146 e. The van der Waals surface area contributed by atoms with Crippen molar-refractivity contribution in [3.8, 4) is 0 Å². The normalized spacial score (nSPS) is 13.1. The molecule has 1 aromatic carbocycles. The second-order valence-electron chi connectivity index (χ2n) is 4.29. The van der Waals surface area contributed by atoms with Gasteiger partial charge in [0.25, 0.3) is 0 Å². The fraction of sp³-hybridized carbons (Fsp3) is 0.143. The molecule has 0 saturated carbocycles. The summed E-state index contributed by atoms with van der Waals surface area (Å²) in [5, 5.41) is 11.9. The Bertz CT molecular complexity index is 728. The lowest BCUT2D eigenvalue weighted by Gasteiger charge is -2.03. The number of rotatable bonds is 2. The van der Waals surface area contributed by atoms with E-state index in [2.05, 4.69) is 15.9 Å². The third-order valence-electron chi connectivity index (χ3n) is 2.91. The Kier molecular flexibility index (Phi) is 3.43. The van der Waals surface area contributed by atoms with Crippen LogP contribution in [0.5, 0.6) is 0 Å². The number of hydrogen-bond donors (Lipinski definition) is 1. The molecule has 0 aliphatic heterocycles. The van der Waals surface area contributed by atoms with Crippen LogP contribution in [0, 0.1) is 6.92 Å². The van der Waals surface area contributed by atoms with Crippen LogP contribution < -0.4 is 0 Å². The zero-order chi connectivity index (χ0) is 13.6. The number of benzene rings is 1. The number of hydrogen-bond acceptors (Lipinski definition) is 3. The first-order chi connectivity index (χ1) is 9.04. The van der Waals surface area contributed by atoms with Crippen LogP contribution in [0.4, 0.5) is 0 Å². The fourth-order valence-electron chi connectivity index (χ4n) is 1.93. The maximum absolute atomic E-state index is 10.4. The second-order valence-corrected chi connectivity index (χ2v) is 6.87. The summed E-state index contributed by atoms with van der Waals surface area (Å²) < 4.78 is 6.68. The molecule has 19 heavy (non-hydrogen) atoms. The summed E-state index contributed by atoms with van der Waals surface area (Å²) >= 11 is 10.9. The van der Waals surface area contributed by atoms with Gasteiger partial charge in [0.1, 0.15) is 17.4 Å². The molecule has 3 aromatic rings. The summed E-state index contributed by atoms with van der Waals surface area (Å²) in [5.74, 6) is 0.533. The van der Waals surface area contributed by atoms with Crippen molar-refractivity contribution in [1.29, 1.82) is 0 Å². The average molecular weight is 358 g/mol. The molecule has 0 amide bonds. The van der Waals surface area contributed by atoms with Crippen LogP contribution in [0.1, 0.15) is 21.6 Å². The first-order valence-corrected chi connectivity index (χ1v) is 7.66. The fourth-order valence-corrected chi connectivity index (χ4v) is 3.66. The van der Waals surface area contributed by atoms with Crippen molar-refractivity contribution in [3.05, 3.63) is 55.3 Å². The molecule has 0 aliphatic carbocycles. The number of furan rings is 1. The molecule has 2 aromatic heterocycles. The quantitative estimate of drug-likeness (QED) is 0.675. The van der Waals surface area contributed by atoms with Gasteiger partial charge in [0, 0.05) is 24.6 Å². The van der Waals surface area contributed by atoms with Gasteiger partial charge in [0.2, 0.25) is 0 Å². The van der Waals surface area contributed by atoms with Gasteiger partial charge in [-0.25, -0.2) is 0 Å². The Morgan fingerprint density at radius 2 is 2.11 bits per heavy atom. The molecule has 1 N–H and O–H groups in total. The molecule has 98 valence electrons. The van der Waals surface area contributed by atoms with Gasteiger partial charge in [-0.3, -0.25) is 0 Å². The van der Waals surface area contributed by atoms with Gasteiger partial charge in [-0.15, -0.1) is 11.3 Å². The van der Waals surface area contributed by atoms with E-state index >= 15 is 0 Å². The van der Waals surface area contributed by atoms with Crippen molar-refractivity contribution in [3.63, 3.8) is 0 Å². The molecule has 3 rings (SSSR count). The number of halogens is 2. The summed E-state index contributed by atoms with van der Waals surface area (Å²) in [6, 6.07) is 9.16. The minimum atomic E-state index is -0.749. The zero-order valence-electron chi connectivity index (χ0n) is 9.98. The van der Waals surface area contributed by atoms with E-state index < -0.39 is 6.10 Å². The third-order valence-corrected chi connectivity index (χ3v) is 5.34. The number of thiophene rings is 1. The number of aliphatic hydroxyl groups is 1. The van der Waals surface area contributed by atoms with Gasteiger partial charge in [0.05, 0.1) is 0 Å². The SMILES string of the molecule is Cc1sc(C(O)c2cc3cc(Cl)ccc3o2)cc1Br. The number of aliphatic hydroxyl groups excluding tert-OH is 1. The minimum absolute atomic E-state index is 0.533. The van der Waals surface area contributed by atoms with Crippen molar-refractivity contribution in [2.24, 2.45) is 0 Å². The molecule has 1 atom stereocenters. The Labute approximate surface area is 127 Å². The van der Waals surface area contributed by atoms with Crippen molar-refractivity contribution in [1.82, 2.24) is 0 Å². The Hall–Kier alpha value is -0.810. The molecule has 0 radical (unpaired) electrons.